The largest absolute Gasteiger partial charge is 0.385 e. The van der Waals surface area contributed by atoms with E-state index in [9.17, 15) is 39.0 Å². The zero-order valence-corrected chi connectivity index (χ0v) is 41.5. The van der Waals surface area contributed by atoms with Gasteiger partial charge in [0, 0.05) is 35.5 Å². The summed E-state index contributed by atoms with van der Waals surface area (Å²) in [7, 11) is 0. The van der Waals surface area contributed by atoms with Gasteiger partial charge >= 0.3 is 0 Å². The van der Waals surface area contributed by atoms with Crippen molar-refractivity contribution < 1.29 is 59.4 Å². The van der Waals surface area contributed by atoms with Gasteiger partial charge in [0.05, 0.1) is 0 Å². The Morgan fingerprint density at radius 2 is 0.450 bits per heavy atom. The molecule has 0 aromatic heterocycles. The first-order chi connectivity index (χ1) is 27.5. The lowest BCUT2D eigenvalue weighted by atomic mass is 10.0. The lowest BCUT2D eigenvalue weighted by molar-refractivity contribution is -0.131. The summed E-state index contributed by atoms with van der Waals surface area (Å²) in [4.78, 5) is 65.8. The summed E-state index contributed by atoms with van der Waals surface area (Å²) < 4.78 is 0. The van der Waals surface area contributed by atoms with E-state index in [4.69, 9.17) is 20.4 Å². The molecule has 6 atom stereocenters. The summed E-state index contributed by atoms with van der Waals surface area (Å²) in [5.74, 6) is -0.498. The van der Waals surface area contributed by atoms with Crippen molar-refractivity contribution in [3.8, 4) is 0 Å². The summed E-state index contributed by atoms with van der Waals surface area (Å²) in [6.07, 6.45) is 4.71. The van der Waals surface area contributed by atoms with Gasteiger partial charge in [0.1, 0.15) is 36.6 Å². The molecule has 360 valence electrons. The van der Waals surface area contributed by atoms with Gasteiger partial charge in [0.25, 0.3) is 0 Å². The Bertz CT molecular complexity index is 997. The number of hydrogen-bond acceptors (Lipinski definition) is 12. The second kappa shape index (κ2) is 43.4. The van der Waals surface area contributed by atoms with Gasteiger partial charge in [-0.05, 0) is 38.5 Å². The SMILES string of the molecule is CCCC[C@@H](O)C(=O)C(C)C.CCCC[C@H](O)C(=O)C(C)C.CCC[C@@H](O)C(=O)C(C)C.CCC[C@H](O)C(=O)C(C)C.CC[C@@H](O)C(=O)C(C)C.CC[C@H](O)C(=O)C(C)C. The Hall–Kier alpha value is -2.22. The fourth-order valence-corrected chi connectivity index (χ4v) is 4.62. The minimum Gasteiger partial charge on any atom is -0.385 e. The van der Waals surface area contributed by atoms with Crippen LogP contribution in [0.2, 0.25) is 0 Å². The zero-order valence-electron chi connectivity index (χ0n) is 41.5. The first-order valence-electron chi connectivity index (χ1n) is 22.9. The highest BCUT2D eigenvalue weighted by Gasteiger charge is 2.20. The molecule has 0 rings (SSSR count). The molecular weight excluding hydrogens is 769 g/mol. The maximum Gasteiger partial charge on any atom is 0.163 e. The summed E-state index contributed by atoms with van der Waals surface area (Å²) in [5.41, 5.74) is 0. The van der Waals surface area contributed by atoms with Crippen molar-refractivity contribution in [1.82, 2.24) is 0 Å². The molecule has 0 aliphatic heterocycles. The van der Waals surface area contributed by atoms with Crippen LogP contribution in [0.3, 0.4) is 0 Å². The summed E-state index contributed by atoms with van der Waals surface area (Å²) in [5, 5.41) is 54.7. The first-order valence-corrected chi connectivity index (χ1v) is 22.9. The van der Waals surface area contributed by atoms with Crippen LogP contribution >= 0.6 is 0 Å². The Kier molecular flexibility index (Phi) is 50.3. The van der Waals surface area contributed by atoms with E-state index in [0.717, 1.165) is 38.5 Å². The number of unbranched alkanes of at least 4 members (excludes halogenated alkanes) is 2. The highest BCUT2D eigenvalue weighted by molar-refractivity contribution is 5.86. The Labute approximate surface area is 367 Å². The maximum atomic E-state index is 11.1. The monoisotopic (exact) mass is 865 g/mol. The van der Waals surface area contributed by atoms with Crippen molar-refractivity contribution >= 4 is 34.7 Å². The van der Waals surface area contributed by atoms with Crippen molar-refractivity contribution in [3.05, 3.63) is 0 Å². The van der Waals surface area contributed by atoms with E-state index in [-0.39, 0.29) is 70.2 Å². The van der Waals surface area contributed by atoms with Crippen LogP contribution < -0.4 is 0 Å². The van der Waals surface area contributed by atoms with Gasteiger partial charge in [-0.1, -0.05) is 163 Å². The van der Waals surface area contributed by atoms with Gasteiger partial charge in [0.2, 0.25) is 0 Å². The molecule has 0 saturated carbocycles. The number of ketones is 6. The van der Waals surface area contributed by atoms with Crippen LogP contribution in [0.4, 0.5) is 0 Å². The molecule has 0 aliphatic carbocycles. The van der Waals surface area contributed by atoms with Gasteiger partial charge in [-0.3, -0.25) is 28.8 Å². The third kappa shape index (κ3) is 41.1. The van der Waals surface area contributed by atoms with Crippen molar-refractivity contribution in [2.45, 2.75) is 238 Å². The minimum atomic E-state index is -0.745. The smallest absolute Gasteiger partial charge is 0.163 e. The fourth-order valence-electron chi connectivity index (χ4n) is 4.62. The van der Waals surface area contributed by atoms with Crippen molar-refractivity contribution in [2.75, 3.05) is 0 Å². The average Bonchev–Trinajstić information content (AvgIpc) is 3.20. The first kappa shape index (κ1) is 69.5. The van der Waals surface area contributed by atoms with Crippen molar-refractivity contribution in [3.63, 3.8) is 0 Å². The summed E-state index contributed by atoms with van der Waals surface area (Å²) in [6, 6.07) is 0. The molecule has 0 bridgehead atoms. The quantitative estimate of drug-likeness (QED) is 0.0540. The highest BCUT2D eigenvalue weighted by atomic mass is 16.3. The number of carbonyl (C=O) groups is 6. The van der Waals surface area contributed by atoms with Crippen LogP contribution in [0.15, 0.2) is 0 Å². The van der Waals surface area contributed by atoms with E-state index in [1.54, 1.807) is 69.2 Å². The Morgan fingerprint density at radius 3 is 0.567 bits per heavy atom. The predicted octanol–water partition coefficient (Wildman–Crippen LogP) is 8.24. The average molecular weight is 865 g/mol. The minimum absolute atomic E-state index is 0.0292. The molecule has 0 aromatic rings. The van der Waals surface area contributed by atoms with Gasteiger partial charge in [-0.25, -0.2) is 0 Å². The van der Waals surface area contributed by atoms with E-state index in [1.807, 2.05) is 55.4 Å². The van der Waals surface area contributed by atoms with Crippen LogP contribution in [0.1, 0.15) is 202 Å². The molecule has 6 N–H and O–H groups in total. The number of Topliss-reactive ketones (excluding diaryl/α,β-unsaturated/α-hetero) is 6. The van der Waals surface area contributed by atoms with E-state index in [2.05, 4.69) is 0 Å². The van der Waals surface area contributed by atoms with Gasteiger partial charge in [0.15, 0.2) is 34.7 Å². The predicted molar refractivity (Wildman–Crippen MR) is 245 cm³/mol. The van der Waals surface area contributed by atoms with Crippen LogP contribution in [0, 0.1) is 35.5 Å². The number of carbonyl (C=O) groups excluding carboxylic acids is 6. The number of rotatable bonds is 24. The summed E-state index contributed by atoms with van der Waals surface area (Å²) >= 11 is 0. The highest BCUT2D eigenvalue weighted by Crippen LogP contribution is 2.09. The fraction of sp³-hybridized carbons (Fsp3) is 0.875. The van der Waals surface area contributed by atoms with E-state index in [1.165, 1.54) is 0 Å². The molecule has 0 spiro atoms. The molecule has 0 saturated heterocycles. The van der Waals surface area contributed by atoms with E-state index < -0.39 is 36.6 Å². The van der Waals surface area contributed by atoms with Crippen LogP contribution in [-0.2, 0) is 28.8 Å². The lowest BCUT2D eigenvalue weighted by Crippen LogP contribution is -2.24. The number of hydrogen-bond donors (Lipinski definition) is 6. The molecule has 0 aliphatic rings. The summed E-state index contributed by atoms with van der Waals surface area (Å²) in [6.45, 7) is 33.3. The van der Waals surface area contributed by atoms with Crippen LogP contribution in [-0.4, -0.2) is 102 Å². The number of aliphatic hydroxyl groups excluding tert-OH is 6. The van der Waals surface area contributed by atoms with Crippen molar-refractivity contribution in [1.29, 1.82) is 0 Å². The molecular formula is C48H96O12. The van der Waals surface area contributed by atoms with Gasteiger partial charge in [-0.15, -0.1) is 0 Å². The molecule has 12 heteroatoms. The second-order valence-corrected chi connectivity index (χ2v) is 17.1. The van der Waals surface area contributed by atoms with Crippen LogP contribution in [0.25, 0.3) is 0 Å². The zero-order chi connectivity index (χ0) is 48.9. The van der Waals surface area contributed by atoms with Gasteiger partial charge < -0.3 is 30.6 Å². The molecule has 0 unspecified atom stereocenters. The van der Waals surface area contributed by atoms with E-state index >= 15 is 0 Å². The maximum absolute atomic E-state index is 11.1. The Morgan fingerprint density at radius 1 is 0.283 bits per heavy atom. The standard InChI is InChI=1S/2C9H18O2.2C8H16O2.2C7H14O2/c2*1-4-5-6-8(10)9(11)7(2)3;2*1-4-5-7(9)8(10)6(2)3;2*1-4-6(8)7(9)5(2)3/h2*7-8,10H,4-6H2,1-3H3;2*6-7,9H,4-5H2,1-3H3;2*5-6,8H,4H2,1-3H3/t2*8-;2*7-;2*6-/m101010/s1. The normalized spacial score (nSPS) is 13.7. The topological polar surface area (TPSA) is 224 Å². The van der Waals surface area contributed by atoms with Crippen molar-refractivity contribution in [2.24, 2.45) is 35.5 Å². The molecule has 60 heavy (non-hydrogen) atoms. The molecule has 0 aromatic carbocycles. The molecule has 12 nitrogen and oxygen atoms in total. The third-order valence-electron chi connectivity index (χ3n) is 8.94. The molecule has 0 amide bonds. The van der Waals surface area contributed by atoms with Gasteiger partial charge in [-0.2, -0.15) is 0 Å². The van der Waals surface area contributed by atoms with Crippen LogP contribution in [0.5, 0.6) is 0 Å². The third-order valence-corrected chi connectivity index (χ3v) is 8.94. The molecule has 0 fully saturated rings. The van der Waals surface area contributed by atoms with E-state index in [0.29, 0.717) is 38.5 Å². The molecule has 0 radical (unpaired) electrons. The second-order valence-electron chi connectivity index (χ2n) is 17.1. The number of aliphatic hydroxyl groups is 6. The Balaban J connectivity index is -0.000000146. The molecule has 0 heterocycles. The lowest BCUT2D eigenvalue weighted by Gasteiger charge is -2.10.